The molecule has 0 amide bonds. The van der Waals surface area contributed by atoms with Crippen molar-refractivity contribution in [2.75, 3.05) is 0 Å². The van der Waals surface area contributed by atoms with Crippen LogP contribution in [0.2, 0.25) is 0 Å². The van der Waals surface area contributed by atoms with Gasteiger partial charge in [-0.05, 0) is 46.2 Å². The first-order chi connectivity index (χ1) is 12.7. The van der Waals surface area contributed by atoms with Gasteiger partial charge < -0.3 is 9.09 Å². The van der Waals surface area contributed by atoms with Gasteiger partial charge in [0.15, 0.2) is 11.6 Å². The largest absolute Gasteiger partial charge is 0.356 e. The summed E-state index contributed by atoms with van der Waals surface area (Å²) >= 11 is 0. The lowest BCUT2D eigenvalue weighted by molar-refractivity contribution is 0.427. The fourth-order valence-electron chi connectivity index (χ4n) is 2.85. The highest BCUT2D eigenvalue weighted by Crippen LogP contribution is 2.27. The molecule has 0 aliphatic carbocycles. The van der Waals surface area contributed by atoms with E-state index in [9.17, 15) is 8.42 Å². The molecular weight excluding hydrogens is 366 g/mol. The van der Waals surface area contributed by atoms with E-state index in [0.717, 1.165) is 5.69 Å². The molecule has 3 aromatic rings. The van der Waals surface area contributed by atoms with Crippen molar-refractivity contribution in [2.24, 2.45) is 0 Å². The summed E-state index contributed by atoms with van der Waals surface area (Å²) in [6.07, 6.45) is 1.60. The number of rotatable bonds is 6. The second-order valence-corrected chi connectivity index (χ2v) is 8.53. The van der Waals surface area contributed by atoms with Gasteiger partial charge >= 0.3 is 0 Å². The van der Waals surface area contributed by atoms with Crippen molar-refractivity contribution in [2.45, 2.75) is 51.6 Å². The van der Waals surface area contributed by atoms with Crippen LogP contribution >= 0.6 is 0 Å². The van der Waals surface area contributed by atoms with E-state index < -0.39 is 16.1 Å². The molecular formula is C18H23N5O3S. The van der Waals surface area contributed by atoms with Crippen LogP contribution in [0.25, 0.3) is 11.3 Å². The Morgan fingerprint density at radius 2 is 1.89 bits per heavy atom. The lowest BCUT2D eigenvalue weighted by atomic mass is 10.1. The van der Waals surface area contributed by atoms with Crippen LogP contribution in [0, 0.1) is 13.8 Å². The Kier molecular flexibility index (Phi) is 5.16. The molecule has 9 heteroatoms. The van der Waals surface area contributed by atoms with Crippen LogP contribution < -0.4 is 4.72 Å². The molecule has 3 rings (SSSR count). The van der Waals surface area contributed by atoms with Crippen LogP contribution in [-0.2, 0) is 10.0 Å². The Labute approximate surface area is 158 Å². The fraction of sp³-hybridized carbons (Fsp3) is 0.389. The quantitative estimate of drug-likeness (QED) is 0.694. The van der Waals surface area contributed by atoms with Crippen LogP contribution in [-0.4, -0.2) is 28.3 Å². The number of hydrogen-bond acceptors (Lipinski definition) is 6. The van der Waals surface area contributed by atoms with Crippen LogP contribution in [0.3, 0.4) is 0 Å². The summed E-state index contributed by atoms with van der Waals surface area (Å²) in [6.45, 7) is 9.29. The maximum atomic E-state index is 13.0. The Bertz CT molecular complexity index is 1050. The minimum Gasteiger partial charge on any atom is -0.356 e. The fourth-order valence-corrected chi connectivity index (χ4v) is 4.32. The monoisotopic (exact) mass is 389 g/mol. The molecule has 144 valence electrons. The Morgan fingerprint density at radius 3 is 2.52 bits per heavy atom. The van der Waals surface area contributed by atoms with Crippen molar-refractivity contribution in [3.63, 3.8) is 0 Å². The summed E-state index contributed by atoms with van der Waals surface area (Å²) in [4.78, 5) is 0.191. The van der Waals surface area contributed by atoms with E-state index in [1.54, 1.807) is 38.4 Å². The van der Waals surface area contributed by atoms with E-state index in [2.05, 4.69) is 20.1 Å². The first kappa shape index (κ1) is 19.2. The van der Waals surface area contributed by atoms with Crippen molar-refractivity contribution in [1.82, 2.24) is 24.6 Å². The zero-order valence-electron chi connectivity index (χ0n) is 16.0. The van der Waals surface area contributed by atoms with Crippen molar-refractivity contribution in [3.8, 4) is 11.3 Å². The Balaban J connectivity index is 1.93. The van der Waals surface area contributed by atoms with Gasteiger partial charge in [-0.1, -0.05) is 17.3 Å². The molecule has 1 atom stereocenters. The third-order valence-corrected chi connectivity index (χ3v) is 5.95. The molecule has 0 unspecified atom stereocenters. The maximum absolute atomic E-state index is 13.0. The second-order valence-electron chi connectivity index (χ2n) is 6.85. The van der Waals surface area contributed by atoms with E-state index in [1.807, 2.05) is 31.4 Å². The first-order valence-corrected chi connectivity index (χ1v) is 10.1. The smallest absolute Gasteiger partial charge is 0.241 e. The predicted molar refractivity (Wildman–Crippen MR) is 101 cm³/mol. The van der Waals surface area contributed by atoms with Crippen LogP contribution in [0.4, 0.5) is 0 Å². The van der Waals surface area contributed by atoms with Gasteiger partial charge in [0.2, 0.25) is 10.0 Å². The number of hydrogen-bond donors (Lipinski definition) is 1. The maximum Gasteiger partial charge on any atom is 0.241 e. The number of sulfonamides is 1. The average molecular weight is 389 g/mol. The molecule has 0 saturated heterocycles. The van der Waals surface area contributed by atoms with E-state index in [0.29, 0.717) is 22.7 Å². The summed E-state index contributed by atoms with van der Waals surface area (Å²) < 4.78 is 35.8. The average Bonchev–Trinajstić information content (AvgIpc) is 3.23. The molecule has 2 heterocycles. The number of aromatic nitrogens is 4. The summed E-state index contributed by atoms with van der Waals surface area (Å²) in [7, 11) is -3.78. The SMILES string of the molecule is Cc1cc(-c2ccc(C)c(S(=O)(=O)N[C@@H](C)c3nncn3C(C)C)c2)on1. The number of benzene rings is 1. The van der Waals surface area contributed by atoms with E-state index in [-0.39, 0.29) is 10.9 Å². The third kappa shape index (κ3) is 3.93. The molecule has 0 aliphatic heterocycles. The Morgan fingerprint density at radius 1 is 1.15 bits per heavy atom. The second kappa shape index (κ2) is 7.24. The molecule has 0 fully saturated rings. The van der Waals surface area contributed by atoms with Gasteiger partial charge in [0, 0.05) is 17.7 Å². The summed E-state index contributed by atoms with van der Waals surface area (Å²) in [5.74, 6) is 1.09. The zero-order chi connectivity index (χ0) is 19.8. The van der Waals surface area contributed by atoms with Crippen molar-refractivity contribution in [1.29, 1.82) is 0 Å². The van der Waals surface area contributed by atoms with Crippen molar-refractivity contribution >= 4 is 10.0 Å². The summed E-state index contributed by atoms with van der Waals surface area (Å²) in [5, 5.41) is 11.8. The van der Waals surface area contributed by atoms with Crippen molar-refractivity contribution < 1.29 is 12.9 Å². The lowest BCUT2D eigenvalue weighted by Crippen LogP contribution is -2.29. The molecule has 8 nitrogen and oxygen atoms in total. The highest BCUT2D eigenvalue weighted by Gasteiger charge is 2.24. The van der Waals surface area contributed by atoms with Gasteiger partial charge in [0.25, 0.3) is 0 Å². The van der Waals surface area contributed by atoms with Crippen LogP contribution in [0.1, 0.15) is 49.9 Å². The molecule has 0 saturated carbocycles. The third-order valence-electron chi connectivity index (χ3n) is 4.27. The molecule has 1 aromatic carbocycles. The molecule has 1 N–H and O–H groups in total. The molecule has 2 aromatic heterocycles. The van der Waals surface area contributed by atoms with Gasteiger partial charge in [-0.15, -0.1) is 10.2 Å². The molecule has 0 bridgehead atoms. The van der Waals surface area contributed by atoms with E-state index in [1.165, 1.54) is 0 Å². The standard InChI is InChI=1S/C18H23N5O3S/c1-11(2)23-10-19-20-18(23)14(5)22-27(24,25)17-9-15(7-6-12(17)3)16-8-13(4)21-26-16/h6-11,14,22H,1-5H3/t14-/m0/s1. The molecule has 0 spiro atoms. The molecule has 0 aliphatic rings. The van der Waals surface area contributed by atoms with Gasteiger partial charge in [0.1, 0.15) is 6.33 Å². The number of nitrogens with zero attached hydrogens (tertiary/aromatic N) is 4. The summed E-state index contributed by atoms with van der Waals surface area (Å²) in [6, 6.07) is 6.52. The lowest BCUT2D eigenvalue weighted by Gasteiger charge is -2.18. The van der Waals surface area contributed by atoms with Gasteiger partial charge in [0.05, 0.1) is 16.6 Å². The highest BCUT2D eigenvalue weighted by atomic mass is 32.2. The van der Waals surface area contributed by atoms with Gasteiger partial charge in [-0.3, -0.25) is 0 Å². The van der Waals surface area contributed by atoms with Crippen LogP contribution in [0.15, 0.2) is 40.0 Å². The Hall–Kier alpha value is -2.52. The van der Waals surface area contributed by atoms with Crippen molar-refractivity contribution in [3.05, 3.63) is 47.7 Å². The first-order valence-electron chi connectivity index (χ1n) is 8.65. The van der Waals surface area contributed by atoms with Crippen LogP contribution in [0.5, 0.6) is 0 Å². The normalized spacial score (nSPS) is 13.3. The predicted octanol–water partition coefficient (Wildman–Crippen LogP) is 3.17. The number of nitrogens with one attached hydrogen (secondary N) is 1. The summed E-state index contributed by atoms with van der Waals surface area (Å²) in [5.41, 5.74) is 2.02. The minimum atomic E-state index is -3.78. The zero-order valence-corrected chi connectivity index (χ0v) is 16.8. The molecule has 0 radical (unpaired) electrons. The van der Waals surface area contributed by atoms with Gasteiger partial charge in [-0.2, -0.15) is 0 Å². The number of aryl methyl sites for hydroxylation is 2. The van der Waals surface area contributed by atoms with E-state index >= 15 is 0 Å². The van der Waals surface area contributed by atoms with E-state index in [4.69, 9.17) is 4.52 Å². The van der Waals surface area contributed by atoms with Gasteiger partial charge in [-0.25, -0.2) is 13.1 Å². The highest BCUT2D eigenvalue weighted by molar-refractivity contribution is 7.89. The molecule has 27 heavy (non-hydrogen) atoms. The minimum absolute atomic E-state index is 0.127. The topological polar surface area (TPSA) is 103 Å².